The molecule has 0 rings (SSSR count). The second kappa shape index (κ2) is 8.81. The lowest BCUT2D eigenvalue weighted by atomic mass is 10.1. The van der Waals surface area contributed by atoms with Crippen LogP contribution in [0.5, 0.6) is 0 Å². The summed E-state index contributed by atoms with van der Waals surface area (Å²) in [4.78, 5) is 35.9. The highest BCUT2D eigenvalue weighted by Gasteiger charge is 2.17. The fraction of sp³-hybridized carbons (Fsp3) is 0.438. The average Bonchev–Trinajstić information content (AvgIpc) is 2.41. The molecule has 0 unspecified atom stereocenters. The van der Waals surface area contributed by atoms with Gasteiger partial charge in [-0.2, -0.15) is 0 Å². The van der Waals surface area contributed by atoms with Gasteiger partial charge < -0.3 is 15.0 Å². The Kier molecular flexibility index (Phi) is 7.87. The summed E-state index contributed by atoms with van der Waals surface area (Å²) in [6, 6.07) is 0. The summed E-state index contributed by atoms with van der Waals surface area (Å²) >= 11 is 0. The van der Waals surface area contributed by atoms with Gasteiger partial charge in [-0.25, -0.2) is 4.79 Å². The minimum atomic E-state index is -0.576. The van der Waals surface area contributed by atoms with E-state index in [0.29, 0.717) is 6.29 Å². The lowest BCUT2D eigenvalue weighted by molar-refractivity contribution is -0.125. The van der Waals surface area contributed by atoms with Crippen molar-refractivity contribution in [3.8, 4) is 0 Å². The average molecular weight is 308 g/mol. The van der Waals surface area contributed by atoms with E-state index < -0.39 is 11.7 Å². The van der Waals surface area contributed by atoms with Crippen molar-refractivity contribution in [1.82, 2.24) is 10.2 Å². The predicted octanol–water partition coefficient (Wildman–Crippen LogP) is 1.84. The van der Waals surface area contributed by atoms with Crippen molar-refractivity contribution in [3.63, 3.8) is 0 Å². The Morgan fingerprint density at radius 2 is 1.82 bits per heavy atom. The Labute approximate surface area is 131 Å². The molecule has 0 atom stereocenters. The normalized spacial score (nSPS) is 11.8. The van der Waals surface area contributed by atoms with Gasteiger partial charge in [0.05, 0.1) is 0 Å². The van der Waals surface area contributed by atoms with Gasteiger partial charge in [-0.15, -0.1) is 0 Å². The van der Waals surface area contributed by atoms with Crippen LogP contribution < -0.4 is 5.32 Å². The molecule has 0 bridgehead atoms. The van der Waals surface area contributed by atoms with E-state index in [-0.39, 0.29) is 30.1 Å². The van der Waals surface area contributed by atoms with Crippen LogP contribution >= 0.6 is 0 Å². The molecule has 0 radical (unpaired) electrons. The Bertz CT molecular complexity index is 477. The summed E-state index contributed by atoms with van der Waals surface area (Å²) in [7, 11) is 1.56. The maximum absolute atomic E-state index is 12.2. The Morgan fingerprint density at radius 3 is 2.23 bits per heavy atom. The largest absolute Gasteiger partial charge is 0.444 e. The van der Waals surface area contributed by atoms with E-state index in [4.69, 9.17) is 4.74 Å². The van der Waals surface area contributed by atoms with Gasteiger partial charge in [0, 0.05) is 31.3 Å². The molecule has 1 N–H and O–H groups in total. The molecule has 0 aliphatic carbocycles. The first kappa shape index (κ1) is 19.6. The molecule has 6 heteroatoms. The lowest BCUT2D eigenvalue weighted by Crippen LogP contribution is -2.39. The molecule has 0 aromatic rings. The number of ether oxygens (including phenoxy) is 1. The molecule has 0 aromatic heterocycles. The highest BCUT2D eigenvalue weighted by Crippen LogP contribution is 2.09. The fourth-order valence-corrected chi connectivity index (χ4v) is 1.50. The van der Waals surface area contributed by atoms with Crippen LogP contribution in [0.25, 0.3) is 0 Å². The first-order chi connectivity index (χ1) is 10.2. The number of allylic oxidation sites excluding steroid dienone is 2. The van der Waals surface area contributed by atoms with Gasteiger partial charge in [0.2, 0.25) is 0 Å². The van der Waals surface area contributed by atoms with E-state index in [1.165, 1.54) is 17.1 Å². The zero-order valence-electron chi connectivity index (χ0n) is 13.6. The lowest BCUT2D eigenvalue weighted by Gasteiger charge is -2.21. The maximum Gasteiger partial charge on any atom is 0.407 e. The summed E-state index contributed by atoms with van der Waals surface area (Å²) < 4.78 is 5.08. The van der Waals surface area contributed by atoms with Crippen LogP contribution in [0.4, 0.5) is 4.79 Å². The topological polar surface area (TPSA) is 75.7 Å². The quantitative estimate of drug-likeness (QED) is 0.442. The van der Waals surface area contributed by atoms with Crippen molar-refractivity contribution in [1.29, 1.82) is 0 Å². The third-order valence-electron chi connectivity index (χ3n) is 2.55. The van der Waals surface area contributed by atoms with Crippen LogP contribution in [0.2, 0.25) is 0 Å². The number of nitrogens with one attached hydrogen (secondary N) is 1. The van der Waals surface area contributed by atoms with Crippen LogP contribution in [0.15, 0.2) is 36.5 Å². The molecule has 22 heavy (non-hydrogen) atoms. The van der Waals surface area contributed by atoms with Crippen molar-refractivity contribution in [2.45, 2.75) is 26.4 Å². The molecule has 0 saturated carbocycles. The number of amides is 2. The zero-order chi connectivity index (χ0) is 17.3. The number of carbonyl (C=O) groups is 3. The standard InChI is InChI=1S/C16H24N2O4/c1-7-12(11-19)13(8-2)14(20)18(6)10-9-17-15(21)22-16(3,4)5/h7-8,11H,1-2,9-10H2,3-6H3,(H,17,21)/b13-12-. The molecular weight excluding hydrogens is 284 g/mol. The minimum Gasteiger partial charge on any atom is -0.444 e. The van der Waals surface area contributed by atoms with Gasteiger partial charge in [0.25, 0.3) is 5.91 Å². The van der Waals surface area contributed by atoms with Crippen molar-refractivity contribution in [2.75, 3.05) is 20.1 Å². The van der Waals surface area contributed by atoms with E-state index in [2.05, 4.69) is 18.5 Å². The third kappa shape index (κ3) is 6.88. The number of carbonyl (C=O) groups excluding carboxylic acids is 3. The summed E-state index contributed by atoms with van der Waals surface area (Å²) in [6.07, 6.45) is 2.61. The summed E-state index contributed by atoms with van der Waals surface area (Å²) in [5.41, 5.74) is -0.232. The molecule has 0 heterocycles. The number of rotatable bonds is 7. The van der Waals surface area contributed by atoms with Crippen LogP contribution in [-0.4, -0.2) is 48.9 Å². The van der Waals surface area contributed by atoms with Crippen molar-refractivity contribution in [2.24, 2.45) is 0 Å². The molecule has 0 saturated heterocycles. The first-order valence-electron chi connectivity index (χ1n) is 6.83. The smallest absolute Gasteiger partial charge is 0.407 e. The van der Waals surface area contributed by atoms with E-state index >= 15 is 0 Å². The fourth-order valence-electron chi connectivity index (χ4n) is 1.50. The monoisotopic (exact) mass is 308 g/mol. The molecule has 2 amide bonds. The molecule has 0 spiro atoms. The van der Waals surface area contributed by atoms with Gasteiger partial charge in [0.15, 0.2) is 6.29 Å². The van der Waals surface area contributed by atoms with Crippen molar-refractivity contribution >= 4 is 18.3 Å². The second-order valence-corrected chi connectivity index (χ2v) is 5.55. The third-order valence-corrected chi connectivity index (χ3v) is 2.55. The maximum atomic E-state index is 12.2. The van der Waals surface area contributed by atoms with Crippen LogP contribution in [0.1, 0.15) is 20.8 Å². The number of hydrogen-bond donors (Lipinski definition) is 1. The summed E-state index contributed by atoms with van der Waals surface area (Å²) in [5, 5.41) is 2.55. The predicted molar refractivity (Wildman–Crippen MR) is 85.4 cm³/mol. The highest BCUT2D eigenvalue weighted by molar-refractivity contribution is 6.02. The molecule has 0 aliphatic heterocycles. The SMILES string of the molecule is C=C/C(C=O)=C(\C=C)C(=O)N(C)CCNC(=O)OC(C)(C)C. The summed E-state index contributed by atoms with van der Waals surface area (Å²) in [6.45, 7) is 12.8. The van der Waals surface area contributed by atoms with E-state index in [9.17, 15) is 14.4 Å². The summed E-state index contributed by atoms with van der Waals surface area (Å²) in [5.74, 6) is -0.372. The van der Waals surface area contributed by atoms with Crippen LogP contribution in [0.3, 0.4) is 0 Å². The number of likely N-dealkylation sites (N-methyl/N-ethyl adjacent to an activating group) is 1. The Morgan fingerprint density at radius 1 is 1.23 bits per heavy atom. The molecule has 0 fully saturated rings. The molecule has 0 aliphatic rings. The van der Waals surface area contributed by atoms with E-state index in [0.717, 1.165) is 0 Å². The van der Waals surface area contributed by atoms with Crippen molar-refractivity contribution < 1.29 is 19.1 Å². The van der Waals surface area contributed by atoms with Crippen LogP contribution in [-0.2, 0) is 14.3 Å². The molecular formula is C16H24N2O4. The second-order valence-electron chi connectivity index (χ2n) is 5.55. The van der Waals surface area contributed by atoms with E-state index in [1.54, 1.807) is 27.8 Å². The molecule has 6 nitrogen and oxygen atoms in total. The van der Waals surface area contributed by atoms with Gasteiger partial charge >= 0.3 is 6.09 Å². The first-order valence-corrected chi connectivity index (χ1v) is 6.83. The van der Waals surface area contributed by atoms with E-state index in [1.807, 2.05) is 0 Å². The minimum absolute atomic E-state index is 0.171. The number of aldehydes is 1. The van der Waals surface area contributed by atoms with Crippen LogP contribution in [0, 0.1) is 0 Å². The van der Waals surface area contributed by atoms with Crippen molar-refractivity contribution in [3.05, 3.63) is 36.5 Å². The Hall–Kier alpha value is -2.37. The number of hydrogen-bond acceptors (Lipinski definition) is 4. The zero-order valence-corrected chi connectivity index (χ0v) is 13.6. The van der Waals surface area contributed by atoms with Gasteiger partial charge in [-0.05, 0) is 20.8 Å². The van der Waals surface area contributed by atoms with Gasteiger partial charge in [-0.1, -0.05) is 25.3 Å². The molecule has 0 aromatic carbocycles. The van der Waals surface area contributed by atoms with Gasteiger partial charge in [-0.3, -0.25) is 9.59 Å². The highest BCUT2D eigenvalue weighted by atomic mass is 16.6. The number of alkyl carbamates (subject to hydrolysis) is 1. The van der Waals surface area contributed by atoms with Gasteiger partial charge in [0.1, 0.15) is 5.60 Å². The number of nitrogens with zero attached hydrogens (tertiary/aromatic N) is 1. The Balaban J connectivity index is 4.58. The molecule has 122 valence electrons.